The summed E-state index contributed by atoms with van der Waals surface area (Å²) in [7, 11) is 1.57. The maximum absolute atomic E-state index is 10.5. The number of halogens is 1. The Labute approximate surface area is 119 Å². The number of amides is 2. The zero-order valence-corrected chi connectivity index (χ0v) is 12.2. The Morgan fingerprint density at radius 2 is 2.33 bits per heavy atom. The molecule has 0 radical (unpaired) electrons. The van der Waals surface area contributed by atoms with Crippen LogP contribution in [0.25, 0.3) is 0 Å². The molecule has 0 spiro atoms. The first-order valence-corrected chi connectivity index (χ1v) is 6.25. The number of nitrogens with one attached hydrogen (secondary N) is 1. The van der Waals surface area contributed by atoms with Gasteiger partial charge in [0.25, 0.3) is 0 Å². The summed E-state index contributed by atoms with van der Waals surface area (Å²) in [6, 6.07) is 2.92. The number of carbonyl (C=O) groups is 1. The van der Waals surface area contributed by atoms with Gasteiger partial charge in [-0.15, -0.1) is 0 Å². The molecule has 0 saturated heterocycles. The van der Waals surface area contributed by atoms with E-state index in [1.807, 2.05) is 13.0 Å². The molecule has 1 aromatic rings. The third-order valence-corrected chi connectivity index (χ3v) is 2.73. The monoisotopic (exact) mass is 363 g/mol. The van der Waals surface area contributed by atoms with Crippen LogP contribution in [0.5, 0.6) is 11.5 Å². The van der Waals surface area contributed by atoms with Crippen LogP contribution >= 0.6 is 22.6 Å². The zero-order valence-electron chi connectivity index (χ0n) is 10.1. The van der Waals surface area contributed by atoms with Crippen molar-refractivity contribution in [2.75, 3.05) is 13.7 Å². The number of primary amides is 1. The third kappa shape index (κ3) is 4.06. The van der Waals surface area contributed by atoms with Crippen LogP contribution < -0.4 is 20.6 Å². The van der Waals surface area contributed by atoms with Gasteiger partial charge in [0.15, 0.2) is 11.5 Å². The van der Waals surface area contributed by atoms with Gasteiger partial charge in [-0.05, 0) is 47.2 Å². The van der Waals surface area contributed by atoms with E-state index in [1.54, 1.807) is 13.2 Å². The maximum atomic E-state index is 10.5. The summed E-state index contributed by atoms with van der Waals surface area (Å²) in [5, 5.41) is 3.68. The Hall–Kier alpha value is -1.51. The number of hydrogen-bond donors (Lipinski definition) is 2. The second-order valence-electron chi connectivity index (χ2n) is 3.20. The minimum atomic E-state index is -0.709. The summed E-state index contributed by atoms with van der Waals surface area (Å²) < 4.78 is 11.6. The first-order valence-electron chi connectivity index (χ1n) is 5.17. The van der Waals surface area contributed by atoms with Crippen LogP contribution in [0.3, 0.4) is 0 Å². The number of carbonyl (C=O) groups excluding carboxylic acids is 1. The number of nitrogens with two attached hydrogens (primary N) is 1. The average molecular weight is 363 g/mol. The predicted molar refractivity (Wildman–Crippen MR) is 77.2 cm³/mol. The molecule has 0 unspecified atom stereocenters. The third-order valence-electron chi connectivity index (χ3n) is 1.93. The van der Waals surface area contributed by atoms with Gasteiger partial charge in [-0.3, -0.25) is 0 Å². The normalized spacial score (nSPS) is 10.4. The lowest BCUT2D eigenvalue weighted by molar-refractivity contribution is 0.249. The quantitative estimate of drug-likeness (QED) is 0.474. The smallest absolute Gasteiger partial charge is 0.332 e. The number of nitrogens with zero attached hydrogens (tertiary/aromatic N) is 1. The van der Waals surface area contributed by atoms with E-state index in [9.17, 15) is 4.79 Å². The largest absolute Gasteiger partial charge is 0.493 e. The number of rotatable bonds is 5. The molecule has 0 aromatic heterocycles. The Kier molecular flexibility index (Phi) is 5.69. The van der Waals surface area contributed by atoms with Gasteiger partial charge in [-0.1, -0.05) is 0 Å². The van der Waals surface area contributed by atoms with Crippen molar-refractivity contribution in [1.29, 1.82) is 0 Å². The summed E-state index contributed by atoms with van der Waals surface area (Å²) >= 11 is 2.14. The molecular formula is C11H14IN3O3. The molecule has 2 amide bonds. The van der Waals surface area contributed by atoms with Gasteiger partial charge in [-0.25, -0.2) is 10.2 Å². The average Bonchev–Trinajstić information content (AvgIpc) is 2.31. The van der Waals surface area contributed by atoms with Crippen LogP contribution in [-0.4, -0.2) is 26.0 Å². The minimum Gasteiger partial charge on any atom is -0.493 e. The van der Waals surface area contributed by atoms with Crippen LogP contribution in [0.2, 0.25) is 0 Å². The topological polar surface area (TPSA) is 85.9 Å². The van der Waals surface area contributed by atoms with Gasteiger partial charge in [0.05, 0.1) is 23.5 Å². The van der Waals surface area contributed by atoms with Crippen molar-refractivity contribution in [2.24, 2.45) is 10.8 Å². The zero-order chi connectivity index (χ0) is 13.5. The number of hydrogen-bond acceptors (Lipinski definition) is 4. The first-order chi connectivity index (χ1) is 8.58. The second kappa shape index (κ2) is 7.04. The van der Waals surface area contributed by atoms with Crippen molar-refractivity contribution in [2.45, 2.75) is 6.92 Å². The summed E-state index contributed by atoms with van der Waals surface area (Å²) in [5.41, 5.74) is 7.79. The standard InChI is InChI=1S/C11H14IN3O3/c1-3-18-10-8(12)4-7(5-9(10)17-2)6-14-15-11(13)16/h4-6H,3H2,1-2H3,(H3,13,15,16). The van der Waals surface area contributed by atoms with E-state index in [0.717, 1.165) is 9.13 Å². The molecule has 1 aromatic carbocycles. The number of urea groups is 1. The summed E-state index contributed by atoms with van der Waals surface area (Å²) in [4.78, 5) is 10.5. The predicted octanol–water partition coefficient (Wildman–Crippen LogP) is 1.70. The van der Waals surface area contributed by atoms with E-state index in [-0.39, 0.29) is 0 Å². The summed E-state index contributed by atoms with van der Waals surface area (Å²) in [5.74, 6) is 1.31. The fourth-order valence-electron chi connectivity index (χ4n) is 1.27. The SMILES string of the molecule is CCOc1c(I)cc(C=NNC(N)=O)cc1OC. The number of benzene rings is 1. The van der Waals surface area contributed by atoms with Crippen molar-refractivity contribution >= 4 is 34.8 Å². The molecule has 0 bridgehead atoms. The molecular weight excluding hydrogens is 349 g/mol. The van der Waals surface area contributed by atoms with Crippen molar-refractivity contribution in [3.63, 3.8) is 0 Å². The number of methoxy groups -OCH3 is 1. The van der Waals surface area contributed by atoms with Gasteiger partial charge in [0, 0.05) is 0 Å². The van der Waals surface area contributed by atoms with Crippen molar-refractivity contribution in [3.05, 3.63) is 21.3 Å². The molecule has 0 heterocycles. The molecule has 6 nitrogen and oxygen atoms in total. The maximum Gasteiger partial charge on any atom is 0.332 e. The van der Waals surface area contributed by atoms with Gasteiger partial charge in [0.2, 0.25) is 0 Å². The van der Waals surface area contributed by atoms with E-state index in [4.69, 9.17) is 15.2 Å². The Bertz CT molecular complexity index is 463. The molecule has 1 rings (SSSR count). The highest BCUT2D eigenvalue weighted by Gasteiger charge is 2.10. The van der Waals surface area contributed by atoms with Crippen molar-refractivity contribution in [1.82, 2.24) is 5.43 Å². The molecule has 0 aliphatic heterocycles. The van der Waals surface area contributed by atoms with Crippen molar-refractivity contribution < 1.29 is 14.3 Å². The van der Waals surface area contributed by atoms with Crippen LogP contribution in [-0.2, 0) is 0 Å². The summed E-state index contributed by atoms with van der Waals surface area (Å²) in [6.45, 7) is 2.46. The highest BCUT2D eigenvalue weighted by atomic mass is 127. The Morgan fingerprint density at radius 3 is 2.89 bits per heavy atom. The fraction of sp³-hybridized carbons (Fsp3) is 0.273. The van der Waals surface area contributed by atoms with Gasteiger partial charge >= 0.3 is 6.03 Å². The fourth-order valence-corrected chi connectivity index (χ4v) is 2.05. The van der Waals surface area contributed by atoms with Crippen molar-refractivity contribution in [3.8, 4) is 11.5 Å². The van der Waals surface area contributed by atoms with Gasteiger partial charge in [-0.2, -0.15) is 5.10 Å². The van der Waals surface area contributed by atoms with Crippen LogP contribution in [0, 0.1) is 3.57 Å². The van der Waals surface area contributed by atoms with Gasteiger partial charge < -0.3 is 15.2 Å². The van der Waals surface area contributed by atoms with Crippen LogP contribution in [0.15, 0.2) is 17.2 Å². The number of hydrazone groups is 1. The van der Waals surface area contributed by atoms with E-state index in [1.165, 1.54) is 6.21 Å². The lowest BCUT2D eigenvalue weighted by Crippen LogP contribution is -2.24. The molecule has 0 aliphatic carbocycles. The van der Waals surface area contributed by atoms with E-state index in [0.29, 0.717) is 18.1 Å². The minimum absolute atomic E-state index is 0.559. The first kappa shape index (κ1) is 14.6. The second-order valence-corrected chi connectivity index (χ2v) is 4.36. The van der Waals surface area contributed by atoms with Gasteiger partial charge in [0.1, 0.15) is 0 Å². The molecule has 0 aliphatic rings. The molecule has 7 heteroatoms. The Balaban J connectivity index is 2.99. The summed E-state index contributed by atoms with van der Waals surface area (Å²) in [6.07, 6.45) is 1.48. The van der Waals surface area contributed by atoms with E-state index >= 15 is 0 Å². The lowest BCUT2D eigenvalue weighted by Gasteiger charge is -2.11. The molecule has 98 valence electrons. The number of ether oxygens (including phenoxy) is 2. The highest BCUT2D eigenvalue weighted by molar-refractivity contribution is 14.1. The van der Waals surface area contributed by atoms with E-state index in [2.05, 4.69) is 33.1 Å². The molecule has 18 heavy (non-hydrogen) atoms. The van der Waals surface area contributed by atoms with E-state index < -0.39 is 6.03 Å². The van der Waals surface area contributed by atoms with Crippen LogP contribution in [0.1, 0.15) is 12.5 Å². The Morgan fingerprint density at radius 1 is 1.61 bits per heavy atom. The van der Waals surface area contributed by atoms with Crippen LogP contribution in [0.4, 0.5) is 4.79 Å². The highest BCUT2D eigenvalue weighted by Crippen LogP contribution is 2.33. The molecule has 3 N–H and O–H groups in total. The molecule has 0 fully saturated rings. The molecule has 0 atom stereocenters. The lowest BCUT2D eigenvalue weighted by atomic mass is 10.2. The molecule has 0 saturated carbocycles.